The van der Waals surface area contributed by atoms with Gasteiger partial charge in [-0.3, -0.25) is 9.32 Å². The smallest absolute Gasteiger partial charge is 0.460 e. The van der Waals surface area contributed by atoms with Crippen molar-refractivity contribution in [2.24, 2.45) is 0 Å². The minimum Gasteiger partial charge on any atom is -0.460 e. The summed E-state index contributed by atoms with van der Waals surface area (Å²) in [6.45, 7) is 3.22. The molecule has 0 aromatic carbocycles. The molecule has 166 valence electrons. The van der Waals surface area contributed by atoms with Gasteiger partial charge in [-0.25, -0.2) is 4.57 Å². The molecular weight excluding hydrogens is 383 g/mol. The summed E-state index contributed by atoms with van der Waals surface area (Å²) < 4.78 is 20.5. The van der Waals surface area contributed by atoms with E-state index in [0.29, 0.717) is 0 Å². The highest BCUT2D eigenvalue weighted by Gasteiger charge is 2.21. The molecule has 0 amide bonds. The van der Waals surface area contributed by atoms with Gasteiger partial charge in [0.25, 0.3) is 0 Å². The molecule has 0 aliphatic carbocycles. The Morgan fingerprint density at radius 1 is 0.857 bits per heavy atom. The fourth-order valence-corrected chi connectivity index (χ4v) is 3.26. The molecule has 0 spiro atoms. The van der Waals surface area contributed by atoms with Gasteiger partial charge in [-0.1, -0.05) is 71.1 Å². The highest BCUT2D eigenvalue weighted by Crippen LogP contribution is 2.36. The summed E-state index contributed by atoms with van der Waals surface area (Å²) in [6.07, 6.45) is 12.9. The van der Waals surface area contributed by atoms with Crippen LogP contribution in [0.15, 0.2) is 0 Å². The second-order valence-electron chi connectivity index (χ2n) is 7.42. The Morgan fingerprint density at radius 2 is 1.36 bits per heavy atom. The number of ether oxygens (including phenoxy) is 1. The van der Waals surface area contributed by atoms with E-state index in [1.165, 1.54) is 58.3 Å². The molecule has 0 bridgehead atoms. The summed E-state index contributed by atoms with van der Waals surface area (Å²) in [4.78, 5) is 40.6. The van der Waals surface area contributed by atoms with Crippen LogP contribution in [0.5, 0.6) is 0 Å². The third kappa shape index (κ3) is 20.0. The topological polar surface area (TPSA) is 110 Å². The van der Waals surface area contributed by atoms with Crippen LogP contribution in [-0.2, 0) is 23.4 Å². The number of carbonyl (C=O) groups is 2. The summed E-state index contributed by atoms with van der Waals surface area (Å²) >= 11 is 0. The summed E-state index contributed by atoms with van der Waals surface area (Å²) in [6, 6.07) is 0. The number of phosphoric acid groups is 1. The third-order valence-corrected chi connectivity index (χ3v) is 5.01. The molecule has 0 rings (SSSR count). The molecule has 2 N–H and O–H groups in total. The lowest BCUT2D eigenvalue weighted by atomic mass is 10.1. The van der Waals surface area contributed by atoms with Gasteiger partial charge in [-0.2, -0.15) is 0 Å². The first-order chi connectivity index (χ1) is 13.2. The van der Waals surface area contributed by atoms with Crippen molar-refractivity contribution >= 4 is 19.6 Å². The van der Waals surface area contributed by atoms with Gasteiger partial charge in [-0.15, -0.1) is 0 Å². The number of esters is 1. The first-order valence-electron chi connectivity index (χ1n) is 10.6. The van der Waals surface area contributed by atoms with E-state index in [4.69, 9.17) is 14.5 Å². The quantitative estimate of drug-likeness (QED) is 0.170. The fraction of sp³-hybridized carbons (Fsp3) is 0.900. The largest absolute Gasteiger partial charge is 0.469 e. The fourth-order valence-electron chi connectivity index (χ4n) is 2.90. The summed E-state index contributed by atoms with van der Waals surface area (Å²) in [5.41, 5.74) is 0. The van der Waals surface area contributed by atoms with Gasteiger partial charge >= 0.3 is 13.8 Å². The van der Waals surface area contributed by atoms with Crippen molar-refractivity contribution in [1.82, 2.24) is 0 Å². The zero-order valence-corrected chi connectivity index (χ0v) is 18.5. The van der Waals surface area contributed by atoms with Crippen LogP contribution >= 0.6 is 7.82 Å². The van der Waals surface area contributed by atoms with Gasteiger partial charge in [-0.05, 0) is 19.8 Å². The number of rotatable bonds is 19. The van der Waals surface area contributed by atoms with Gasteiger partial charge in [0, 0.05) is 12.8 Å². The Balaban J connectivity index is 3.83. The van der Waals surface area contributed by atoms with Gasteiger partial charge in [0.15, 0.2) is 0 Å². The molecular formula is C20H39O7P. The van der Waals surface area contributed by atoms with E-state index in [1.54, 1.807) is 0 Å². The predicted molar refractivity (Wildman–Crippen MR) is 109 cm³/mol. The summed E-state index contributed by atoms with van der Waals surface area (Å²) in [5.74, 6) is -0.499. The van der Waals surface area contributed by atoms with Crippen molar-refractivity contribution < 1.29 is 33.2 Å². The molecule has 7 nitrogen and oxygen atoms in total. The maximum atomic E-state index is 11.9. The van der Waals surface area contributed by atoms with Crippen LogP contribution in [0, 0.1) is 0 Å². The lowest BCUT2D eigenvalue weighted by Gasteiger charge is -2.18. The van der Waals surface area contributed by atoms with Crippen LogP contribution in [0.4, 0.5) is 0 Å². The van der Waals surface area contributed by atoms with Crippen molar-refractivity contribution in [3.63, 3.8) is 0 Å². The van der Waals surface area contributed by atoms with Crippen molar-refractivity contribution in [1.29, 1.82) is 0 Å². The van der Waals surface area contributed by atoms with Crippen LogP contribution in [-0.4, -0.2) is 34.3 Å². The van der Waals surface area contributed by atoms with E-state index in [-0.39, 0.29) is 25.0 Å². The molecule has 0 heterocycles. The van der Waals surface area contributed by atoms with Crippen LogP contribution in [0.25, 0.3) is 0 Å². The molecule has 0 fully saturated rings. The van der Waals surface area contributed by atoms with E-state index in [9.17, 15) is 14.2 Å². The number of phosphoric ester groups is 1. The number of unbranched alkanes of at least 4 members (excludes halogenated alkanes) is 10. The van der Waals surface area contributed by atoms with Crippen molar-refractivity contribution in [3.05, 3.63) is 0 Å². The standard InChI is InChI=1S/C20H39O7P/c1-3-4-5-6-7-8-9-10-11-12-13-14-20(22)27-19(16-15-18(2)21)17-26-28(23,24)25/h19H,3-17H2,1-2H3,(H2,23,24,25)/t19-/m0/s1. The van der Waals surface area contributed by atoms with Crippen molar-refractivity contribution in [2.75, 3.05) is 6.61 Å². The minimum absolute atomic E-state index is 0.0809. The highest BCUT2D eigenvalue weighted by molar-refractivity contribution is 7.46. The molecule has 0 aromatic heterocycles. The SMILES string of the molecule is CCCCCCCCCCCCCC(=O)O[C@@H](CCC(C)=O)COP(=O)(O)O. The molecule has 0 aromatic rings. The third-order valence-electron chi connectivity index (χ3n) is 4.53. The summed E-state index contributed by atoms with van der Waals surface area (Å²) in [5, 5.41) is 0. The number of hydrogen-bond acceptors (Lipinski definition) is 5. The molecule has 0 aliphatic rings. The molecule has 28 heavy (non-hydrogen) atoms. The van der Waals surface area contributed by atoms with E-state index >= 15 is 0 Å². The van der Waals surface area contributed by atoms with Crippen LogP contribution in [0.1, 0.15) is 104 Å². The normalized spacial score (nSPS) is 12.7. The molecule has 1 atom stereocenters. The van der Waals surface area contributed by atoms with E-state index in [0.717, 1.165) is 19.3 Å². The average Bonchev–Trinajstić information content (AvgIpc) is 2.61. The van der Waals surface area contributed by atoms with E-state index in [2.05, 4.69) is 11.4 Å². The Hall–Kier alpha value is -0.750. The van der Waals surface area contributed by atoms with Crippen molar-refractivity contribution in [2.45, 2.75) is 110 Å². The Kier molecular flexibility index (Phi) is 16.7. The van der Waals surface area contributed by atoms with E-state index < -0.39 is 26.5 Å². The molecule has 0 aliphatic heterocycles. The number of ketones is 1. The van der Waals surface area contributed by atoms with Gasteiger partial charge < -0.3 is 19.3 Å². The van der Waals surface area contributed by atoms with Gasteiger partial charge in [0.1, 0.15) is 11.9 Å². The van der Waals surface area contributed by atoms with Crippen molar-refractivity contribution in [3.8, 4) is 0 Å². The lowest BCUT2D eigenvalue weighted by molar-refractivity contribution is -0.151. The average molecular weight is 422 g/mol. The van der Waals surface area contributed by atoms with Gasteiger partial charge in [0.2, 0.25) is 0 Å². The molecule has 0 unspecified atom stereocenters. The zero-order valence-electron chi connectivity index (χ0n) is 17.6. The maximum Gasteiger partial charge on any atom is 0.469 e. The Morgan fingerprint density at radius 3 is 1.82 bits per heavy atom. The van der Waals surface area contributed by atoms with E-state index in [1.807, 2.05) is 0 Å². The minimum atomic E-state index is -4.63. The molecule has 0 radical (unpaired) electrons. The highest BCUT2D eigenvalue weighted by atomic mass is 31.2. The first kappa shape index (κ1) is 27.2. The van der Waals surface area contributed by atoms with Crippen LogP contribution in [0.3, 0.4) is 0 Å². The van der Waals surface area contributed by atoms with Gasteiger partial charge in [0.05, 0.1) is 6.61 Å². The number of carbonyl (C=O) groups excluding carboxylic acids is 2. The maximum absolute atomic E-state index is 11.9. The van der Waals surface area contributed by atoms with Crippen LogP contribution < -0.4 is 0 Å². The molecule has 0 saturated heterocycles. The number of Topliss-reactive ketones (excluding diaryl/α,β-unsaturated/α-hetero) is 1. The predicted octanol–water partition coefficient (Wildman–Crippen LogP) is 5.08. The monoisotopic (exact) mass is 422 g/mol. The zero-order chi connectivity index (χ0) is 21.3. The molecule has 0 saturated carbocycles. The van der Waals surface area contributed by atoms with Crippen LogP contribution in [0.2, 0.25) is 0 Å². The Bertz CT molecular complexity index is 461. The number of hydrogen-bond donors (Lipinski definition) is 2. The first-order valence-corrected chi connectivity index (χ1v) is 12.2. The summed E-state index contributed by atoms with van der Waals surface area (Å²) in [7, 11) is -4.63. The Labute approximate surface area is 169 Å². The lowest BCUT2D eigenvalue weighted by Crippen LogP contribution is -2.24. The second kappa shape index (κ2) is 17.1. The second-order valence-corrected chi connectivity index (χ2v) is 8.66. The molecule has 8 heteroatoms.